The molecule has 0 spiro atoms. The van der Waals surface area contributed by atoms with Crippen LogP contribution in [0.4, 0.5) is 5.69 Å². The van der Waals surface area contributed by atoms with Gasteiger partial charge in [-0.2, -0.15) is 0 Å². The highest BCUT2D eigenvalue weighted by atomic mass is 35.5. The van der Waals surface area contributed by atoms with E-state index in [2.05, 4.69) is 5.32 Å². The number of nitrogens with one attached hydrogen (secondary N) is 1. The molecule has 1 fully saturated rings. The lowest BCUT2D eigenvalue weighted by Crippen LogP contribution is -2.29. The summed E-state index contributed by atoms with van der Waals surface area (Å²) in [6.07, 6.45) is 8.86. The van der Waals surface area contributed by atoms with Crippen LogP contribution >= 0.6 is 11.6 Å². The van der Waals surface area contributed by atoms with Crippen LogP contribution in [0.2, 0.25) is 5.02 Å². The van der Waals surface area contributed by atoms with Gasteiger partial charge in [0.25, 0.3) is 0 Å². The third kappa shape index (κ3) is 4.78. The smallest absolute Gasteiger partial charge is 0.340 e. The third-order valence-corrected chi connectivity index (χ3v) is 5.97. The number of nitrogens with zero attached hydrogens (tertiary/aromatic N) is 1. The molecule has 1 heterocycles. The molecule has 0 radical (unpaired) electrons. The Balaban J connectivity index is 1.94. The van der Waals surface area contributed by atoms with E-state index in [0.717, 1.165) is 25.7 Å². The maximum atomic E-state index is 12.8. The summed E-state index contributed by atoms with van der Waals surface area (Å²) in [5.41, 5.74) is 0.972. The van der Waals surface area contributed by atoms with Crippen LogP contribution in [0.5, 0.6) is 0 Å². The normalized spacial score (nSPS) is 15.1. The highest BCUT2D eigenvalue weighted by Crippen LogP contribution is 2.35. The van der Waals surface area contributed by atoms with Crippen LogP contribution < -0.4 is 5.32 Å². The van der Waals surface area contributed by atoms with Crippen molar-refractivity contribution in [2.45, 2.75) is 51.0 Å². The van der Waals surface area contributed by atoms with Gasteiger partial charge in [-0.05, 0) is 30.9 Å². The number of methoxy groups -OCH3 is 2. The third-order valence-electron chi connectivity index (χ3n) is 5.66. The number of anilines is 1. The lowest BCUT2D eigenvalue weighted by molar-refractivity contribution is -0.157. The molecule has 0 bridgehead atoms. The lowest BCUT2D eigenvalue weighted by atomic mass is 9.96. The molecule has 1 aliphatic carbocycles. The quantitative estimate of drug-likeness (QED) is 0.411. The Labute approximate surface area is 180 Å². The standard InChI is InChI=1S/C22H27ClN2O5/c1-29-21(27)20(22(28)30-2)25-13-16(19-15(23)10-7-11-17(19)25)24-18(26)12-14-8-5-3-4-6-9-14/h7,10-11,13-14,20H,3-6,8-9,12H2,1-2H3,(H,24,26). The number of carbonyl (C=O) groups excluding carboxylic acids is 3. The number of benzene rings is 1. The fourth-order valence-electron chi connectivity index (χ4n) is 4.15. The molecule has 0 aliphatic heterocycles. The van der Waals surface area contributed by atoms with Gasteiger partial charge in [0.2, 0.25) is 11.9 Å². The van der Waals surface area contributed by atoms with Gasteiger partial charge in [0, 0.05) is 18.0 Å². The van der Waals surface area contributed by atoms with E-state index in [0.29, 0.717) is 34.0 Å². The summed E-state index contributed by atoms with van der Waals surface area (Å²) in [5.74, 6) is -1.27. The molecule has 2 aromatic rings. The first-order chi connectivity index (χ1) is 14.5. The van der Waals surface area contributed by atoms with Crippen LogP contribution in [-0.4, -0.2) is 36.6 Å². The second-order valence-electron chi connectivity index (χ2n) is 7.64. The number of rotatable bonds is 6. The Morgan fingerprint density at radius 1 is 1.10 bits per heavy atom. The number of esters is 2. The molecule has 1 N–H and O–H groups in total. The molecule has 1 aromatic carbocycles. The van der Waals surface area contributed by atoms with Crippen molar-refractivity contribution in [3.63, 3.8) is 0 Å². The highest BCUT2D eigenvalue weighted by molar-refractivity contribution is 6.37. The van der Waals surface area contributed by atoms with Gasteiger partial charge in [-0.1, -0.05) is 43.4 Å². The van der Waals surface area contributed by atoms with Gasteiger partial charge in [0.1, 0.15) is 0 Å². The molecule has 1 aromatic heterocycles. The maximum absolute atomic E-state index is 12.8. The van der Waals surface area contributed by atoms with Crippen molar-refractivity contribution in [2.75, 3.05) is 19.5 Å². The maximum Gasteiger partial charge on any atom is 0.340 e. The van der Waals surface area contributed by atoms with Gasteiger partial charge in [-0.25, -0.2) is 9.59 Å². The predicted octanol–water partition coefficient (Wildman–Crippen LogP) is 4.48. The molecule has 0 atom stereocenters. The number of hydrogen-bond donors (Lipinski definition) is 1. The van der Waals surface area contributed by atoms with Crippen molar-refractivity contribution < 1.29 is 23.9 Å². The van der Waals surface area contributed by atoms with Crippen LogP contribution in [0.15, 0.2) is 24.4 Å². The Bertz CT molecular complexity index is 915. The zero-order valence-corrected chi connectivity index (χ0v) is 18.0. The van der Waals surface area contributed by atoms with Gasteiger partial charge in [-0.3, -0.25) is 4.79 Å². The Kier molecular flexibility index (Phi) is 7.37. The van der Waals surface area contributed by atoms with Crippen LogP contribution in [0.1, 0.15) is 51.0 Å². The molecule has 8 heteroatoms. The summed E-state index contributed by atoms with van der Waals surface area (Å²) < 4.78 is 11.0. The van der Waals surface area contributed by atoms with E-state index in [-0.39, 0.29) is 5.91 Å². The average molecular weight is 435 g/mol. The zero-order valence-electron chi connectivity index (χ0n) is 17.3. The van der Waals surface area contributed by atoms with E-state index in [1.54, 1.807) is 24.4 Å². The lowest BCUT2D eigenvalue weighted by Gasteiger charge is -2.15. The Morgan fingerprint density at radius 2 is 1.73 bits per heavy atom. The van der Waals surface area contributed by atoms with Crippen LogP contribution in [0.3, 0.4) is 0 Å². The van der Waals surface area contributed by atoms with Crippen LogP contribution in [-0.2, 0) is 23.9 Å². The highest BCUT2D eigenvalue weighted by Gasteiger charge is 2.33. The fraction of sp³-hybridized carbons (Fsp3) is 0.500. The molecule has 7 nitrogen and oxygen atoms in total. The van der Waals surface area contributed by atoms with Crippen LogP contribution in [0.25, 0.3) is 10.9 Å². The fourth-order valence-corrected chi connectivity index (χ4v) is 4.43. The average Bonchev–Trinajstić information content (AvgIpc) is 2.90. The molecule has 162 valence electrons. The molecule has 1 saturated carbocycles. The zero-order chi connectivity index (χ0) is 21.7. The van der Waals surface area contributed by atoms with E-state index in [1.165, 1.54) is 31.6 Å². The van der Waals surface area contributed by atoms with Gasteiger partial charge < -0.3 is 19.4 Å². The van der Waals surface area contributed by atoms with Gasteiger partial charge in [0.05, 0.1) is 30.4 Å². The molecule has 1 aliphatic rings. The number of hydrogen-bond acceptors (Lipinski definition) is 5. The van der Waals surface area contributed by atoms with Crippen molar-refractivity contribution in [1.29, 1.82) is 0 Å². The number of halogens is 1. The number of ether oxygens (including phenoxy) is 2. The van der Waals surface area contributed by atoms with E-state index in [1.807, 2.05) is 0 Å². The summed E-state index contributed by atoms with van der Waals surface area (Å²) in [7, 11) is 2.40. The van der Waals surface area contributed by atoms with Gasteiger partial charge in [0.15, 0.2) is 0 Å². The van der Waals surface area contributed by atoms with E-state index < -0.39 is 18.0 Å². The monoisotopic (exact) mass is 434 g/mol. The van der Waals surface area contributed by atoms with Crippen molar-refractivity contribution in [3.05, 3.63) is 29.4 Å². The second-order valence-corrected chi connectivity index (χ2v) is 8.05. The van der Waals surface area contributed by atoms with Crippen molar-refractivity contribution in [2.24, 2.45) is 5.92 Å². The van der Waals surface area contributed by atoms with E-state index >= 15 is 0 Å². The van der Waals surface area contributed by atoms with Gasteiger partial charge >= 0.3 is 11.9 Å². The Morgan fingerprint density at radius 3 is 2.33 bits per heavy atom. The van der Waals surface area contributed by atoms with E-state index in [9.17, 15) is 14.4 Å². The minimum absolute atomic E-state index is 0.103. The number of fused-ring (bicyclic) bond motifs is 1. The molecule has 3 rings (SSSR count). The summed E-state index contributed by atoms with van der Waals surface area (Å²) in [6, 6.07) is 3.79. The van der Waals surface area contributed by atoms with Crippen molar-refractivity contribution in [3.8, 4) is 0 Å². The minimum Gasteiger partial charge on any atom is -0.467 e. The molecule has 1 amide bonds. The van der Waals surface area contributed by atoms with Crippen LogP contribution in [0, 0.1) is 5.92 Å². The predicted molar refractivity (Wildman–Crippen MR) is 114 cm³/mol. The number of amides is 1. The molecule has 0 saturated heterocycles. The molecular weight excluding hydrogens is 408 g/mol. The number of aromatic nitrogens is 1. The first-order valence-electron chi connectivity index (χ1n) is 10.2. The SMILES string of the molecule is COC(=O)C(C(=O)OC)n1cc(NC(=O)CC2CCCCCC2)c2c(Cl)cccc21. The molecule has 0 unspecified atom stereocenters. The largest absolute Gasteiger partial charge is 0.467 e. The first kappa shape index (κ1) is 22.2. The number of carbonyl (C=O) groups is 3. The summed E-state index contributed by atoms with van der Waals surface area (Å²) in [5, 5.41) is 3.90. The minimum atomic E-state index is -1.34. The Hall–Kier alpha value is -2.54. The summed E-state index contributed by atoms with van der Waals surface area (Å²) in [4.78, 5) is 37.4. The summed E-state index contributed by atoms with van der Waals surface area (Å²) in [6.45, 7) is 0. The first-order valence-corrected chi connectivity index (χ1v) is 10.6. The summed E-state index contributed by atoms with van der Waals surface area (Å²) >= 11 is 6.41. The van der Waals surface area contributed by atoms with E-state index in [4.69, 9.17) is 21.1 Å². The molecule has 30 heavy (non-hydrogen) atoms. The van der Waals surface area contributed by atoms with Crippen molar-refractivity contribution >= 4 is 46.0 Å². The molecular formula is C22H27ClN2O5. The van der Waals surface area contributed by atoms with Gasteiger partial charge in [-0.15, -0.1) is 0 Å². The topological polar surface area (TPSA) is 86.6 Å². The van der Waals surface area contributed by atoms with Crippen molar-refractivity contribution in [1.82, 2.24) is 4.57 Å². The second kappa shape index (κ2) is 9.98.